The van der Waals surface area contributed by atoms with Gasteiger partial charge in [0.25, 0.3) is 5.69 Å². The molecule has 4 bridgehead atoms. The quantitative estimate of drug-likeness (QED) is 0.513. The highest BCUT2D eigenvalue weighted by Crippen LogP contribution is 2.60. The fraction of sp³-hybridized carbons (Fsp3) is 0.455. The number of rotatable bonds is 4. The summed E-state index contributed by atoms with van der Waals surface area (Å²) in [5.41, 5.74) is 1.96. The first-order chi connectivity index (χ1) is 12.6. The second-order valence-electron chi connectivity index (χ2n) is 8.58. The molecule has 4 nitrogen and oxygen atoms in total. The van der Waals surface area contributed by atoms with Crippen molar-refractivity contribution in [2.24, 2.45) is 17.8 Å². The molecule has 0 atom stereocenters. The summed E-state index contributed by atoms with van der Waals surface area (Å²) in [4.78, 5) is 10.3. The smallest absolute Gasteiger partial charge is 0.269 e. The van der Waals surface area contributed by atoms with Crippen LogP contribution in [0.4, 0.5) is 5.69 Å². The summed E-state index contributed by atoms with van der Waals surface area (Å²) in [5.74, 6) is 4.23. The first-order valence-electron chi connectivity index (χ1n) is 9.62. The van der Waals surface area contributed by atoms with E-state index in [2.05, 4.69) is 24.3 Å². The number of non-ortho nitro benzene ring substituents is 1. The Morgan fingerprint density at radius 1 is 0.808 bits per heavy atom. The number of ether oxygens (including phenoxy) is 1. The Hall–Kier alpha value is -2.36. The molecule has 4 heteroatoms. The van der Waals surface area contributed by atoms with Crippen LogP contribution < -0.4 is 4.74 Å². The van der Waals surface area contributed by atoms with Crippen molar-refractivity contribution in [3.05, 3.63) is 64.2 Å². The van der Waals surface area contributed by atoms with Crippen LogP contribution in [0.1, 0.15) is 44.1 Å². The van der Waals surface area contributed by atoms with Crippen molar-refractivity contribution in [1.29, 1.82) is 0 Å². The second kappa shape index (κ2) is 5.83. The van der Waals surface area contributed by atoms with Crippen LogP contribution in [0.15, 0.2) is 48.5 Å². The van der Waals surface area contributed by atoms with E-state index in [9.17, 15) is 10.1 Å². The van der Waals surface area contributed by atoms with Gasteiger partial charge in [-0.1, -0.05) is 12.1 Å². The molecule has 6 rings (SSSR count). The molecule has 4 aliphatic rings. The first-order valence-corrected chi connectivity index (χ1v) is 9.62. The molecule has 4 aliphatic carbocycles. The number of hydrogen-bond acceptors (Lipinski definition) is 3. The molecule has 0 aliphatic heterocycles. The van der Waals surface area contributed by atoms with Crippen molar-refractivity contribution in [1.82, 2.24) is 0 Å². The van der Waals surface area contributed by atoms with Gasteiger partial charge < -0.3 is 4.74 Å². The summed E-state index contributed by atoms with van der Waals surface area (Å²) >= 11 is 0. The molecule has 0 saturated heterocycles. The van der Waals surface area contributed by atoms with Crippen LogP contribution >= 0.6 is 0 Å². The molecular formula is C22H23NO3. The summed E-state index contributed by atoms with van der Waals surface area (Å²) in [6.45, 7) is 0. The predicted molar refractivity (Wildman–Crippen MR) is 99.5 cm³/mol. The van der Waals surface area contributed by atoms with E-state index in [1.165, 1.54) is 56.2 Å². The zero-order valence-corrected chi connectivity index (χ0v) is 14.8. The molecule has 0 unspecified atom stereocenters. The number of nitrogens with zero attached hydrogens (tertiary/aromatic N) is 1. The molecule has 26 heavy (non-hydrogen) atoms. The van der Waals surface area contributed by atoms with Gasteiger partial charge in [-0.25, -0.2) is 0 Å². The molecule has 0 N–H and O–H groups in total. The van der Waals surface area contributed by atoms with Crippen LogP contribution in [0.3, 0.4) is 0 Å². The molecule has 4 saturated carbocycles. The minimum Gasteiger partial charge on any atom is -0.457 e. The van der Waals surface area contributed by atoms with Gasteiger partial charge >= 0.3 is 0 Å². The molecule has 2 aromatic carbocycles. The Morgan fingerprint density at radius 3 is 1.73 bits per heavy atom. The molecule has 0 spiro atoms. The minimum absolute atomic E-state index is 0.0783. The number of hydrogen-bond donors (Lipinski definition) is 0. The van der Waals surface area contributed by atoms with Crippen molar-refractivity contribution >= 4 is 5.69 Å². The van der Waals surface area contributed by atoms with Gasteiger partial charge in [0.2, 0.25) is 0 Å². The monoisotopic (exact) mass is 349 g/mol. The van der Waals surface area contributed by atoms with Crippen LogP contribution in [0, 0.1) is 27.9 Å². The normalized spacial score (nSPS) is 31.8. The third-order valence-electron chi connectivity index (χ3n) is 6.79. The van der Waals surface area contributed by atoms with Gasteiger partial charge in [-0.15, -0.1) is 0 Å². The lowest BCUT2D eigenvalue weighted by atomic mass is 9.48. The molecule has 0 radical (unpaired) electrons. The third-order valence-corrected chi connectivity index (χ3v) is 6.79. The SMILES string of the molecule is O=[N+]([O-])c1ccc(Oc2ccc(C34CC5CC(CC(C5)C3)C4)cc2)cc1. The molecule has 0 heterocycles. The summed E-state index contributed by atoms with van der Waals surface area (Å²) in [6, 6.07) is 14.8. The average Bonchev–Trinajstić information content (AvgIpc) is 2.61. The van der Waals surface area contributed by atoms with E-state index in [-0.39, 0.29) is 5.69 Å². The van der Waals surface area contributed by atoms with Crippen molar-refractivity contribution < 1.29 is 9.66 Å². The molecule has 4 fully saturated rings. The predicted octanol–water partition coefficient (Wildman–Crippen LogP) is 5.85. The fourth-order valence-corrected chi connectivity index (χ4v) is 6.11. The maximum Gasteiger partial charge on any atom is 0.269 e. The Bertz CT molecular complexity index is 790. The number of nitro benzene ring substituents is 1. The molecule has 2 aromatic rings. The van der Waals surface area contributed by atoms with Gasteiger partial charge in [0.1, 0.15) is 11.5 Å². The van der Waals surface area contributed by atoms with Crippen molar-refractivity contribution in [3.8, 4) is 11.5 Å². The maximum absolute atomic E-state index is 10.7. The van der Waals surface area contributed by atoms with Gasteiger partial charge in [0, 0.05) is 12.1 Å². The highest BCUT2D eigenvalue weighted by molar-refractivity contribution is 5.40. The summed E-state index contributed by atoms with van der Waals surface area (Å²) in [5, 5.41) is 10.7. The van der Waals surface area contributed by atoms with E-state index < -0.39 is 4.92 Å². The number of nitro groups is 1. The number of benzene rings is 2. The van der Waals surface area contributed by atoms with Crippen LogP contribution in [0.5, 0.6) is 11.5 Å². The summed E-state index contributed by atoms with van der Waals surface area (Å²) in [7, 11) is 0. The summed E-state index contributed by atoms with van der Waals surface area (Å²) < 4.78 is 5.86. The van der Waals surface area contributed by atoms with E-state index in [1.807, 2.05) is 0 Å². The van der Waals surface area contributed by atoms with E-state index in [4.69, 9.17) is 4.74 Å². The van der Waals surface area contributed by atoms with Crippen LogP contribution in [0.25, 0.3) is 0 Å². The molecule has 134 valence electrons. The van der Waals surface area contributed by atoms with Crippen LogP contribution in [0.2, 0.25) is 0 Å². The highest BCUT2D eigenvalue weighted by Gasteiger charge is 2.51. The Morgan fingerprint density at radius 2 is 1.27 bits per heavy atom. The highest BCUT2D eigenvalue weighted by atomic mass is 16.6. The van der Waals surface area contributed by atoms with Crippen molar-refractivity contribution in [2.75, 3.05) is 0 Å². The van der Waals surface area contributed by atoms with E-state index in [1.54, 1.807) is 12.1 Å². The van der Waals surface area contributed by atoms with Crippen molar-refractivity contribution in [3.63, 3.8) is 0 Å². The Balaban J connectivity index is 1.34. The fourth-order valence-electron chi connectivity index (χ4n) is 6.11. The van der Waals surface area contributed by atoms with Crippen molar-refractivity contribution in [2.45, 2.75) is 43.9 Å². The van der Waals surface area contributed by atoms with Crippen LogP contribution in [-0.2, 0) is 5.41 Å². The zero-order chi connectivity index (χ0) is 17.7. The zero-order valence-electron chi connectivity index (χ0n) is 14.8. The average molecular weight is 349 g/mol. The minimum atomic E-state index is -0.399. The van der Waals surface area contributed by atoms with Gasteiger partial charge in [-0.05, 0) is 91.5 Å². The maximum atomic E-state index is 10.7. The molecule has 0 aromatic heterocycles. The van der Waals surface area contributed by atoms with E-state index in [0.29, 0.717) is 11.2 Å². The molecular weight excluding hydrogens is 326 g/mol. The van der Waals surface area contributed by atoms with Gasteiger partial charge in [0.15, 0.2) is 0 Å². The van der Waals surface area contributed by atoms with Gasteiger partial charge in [-0.3, -0.25) is 10.1 Å². The Kier molecular flexibility index (Phi) is 3.56. The topological polar surface area (TPSA) is 52.4 Å². The lowest BCUT2D eigenvalue weighted by Gasteiger charge is -2.57. The standard InChI is InChI=1S/C22H23NO3/c24-23(25)19-3-7-21(8-4-19)26-20-5-1-18(2-6-20)22-12-15-9-16(13-22)11-17(10-15)14-22/h1-8,15-17H,9-14H2. The lowest BCUT2D eigenvalue weighted by molar-refractivity contribution is -0.384. The largest absolute Gasteiger partial charge is 0.457 e. The van der Waals surface area contributed by atoms with Gasteiger partial charge in [-0.2, -0.15) is 0 Å². The van der Waals surface area contributed by atoms with Gasteiger partial charge in [0.05, 0.1) is 4.92 Å². The van der Waals surface area contributed by atoms with Crippen LogP contribution in [-0.4, -0.2) is 4.92 Å². The molecule has 0 amide bonds. The van der Waals surface area contributed by atoms with E-state index >= 15 is 0 Å². The Labute approximate surface area is 153 Å². The second-order valence-corrected chi connectivity index (χ2v) is 8.58. The first kappa shape index (κ1) is 15.9. The van der Waals surface area contributed by atoms with E-state index in [0.717, 1.165) is 23.5 Å². The summed E-state index contributed by atoms with van der Waals surface area (Å²) in [6.07, 6.45) is 8.46. The third kappa shape index (κ3) is 2.68. The lowest BCUT2D eigenvalue weighted by Crippen LogP contribution is -2.48.